The molecule has 1 unspecified atom stereocenters. The van der Waals surface area contributed by atoms with Crippen LogP contribution in [0.2, 0.25) is 0 Å². The van der Waals surface area contributed by atoms with Crippen molar-refractivity contribution in [2.45, 2.75) is 12.7 Å². The highest BCUT2D eigenvalue weighted by Gasteiger charge is 2.18. The highest BCUT2D eigenvalue weighted by atomic mass is 16.5. The zero-order chi connectivity index (χ0) is 17.8. The monoisotopic (exact) mass is 344 g/mol. The maximum absolute atomic E-state index is 6.10. The lowest BCUT2D eigenvalue weighted by molar-refractivity contribution is 0.249. The van der Waals surface area contributed by atoms with E-state index in [1.54, 1.807) is 7.11 Å². The van der Waals surface area contributed by atoms with Crippen molar-refractivity contribution in [2.75, 3.05) is 7.11 Å². The Hall–Kier alpha value is -3.20. The van der Waals surface area contributed by atoms with Crippen LogP contribution < -0.4 is 14.2 Å². The van der Waals surface area contributed by atoms with E-state index in [2.05, 4.69) is 12.2 Å². The molecule has 0 aliphatic carbocycles. The second-order valence-electron chi connectivity index (χ2n) is 6.12. The molecule has 1 aliphatic heterocycles. The minimum Gasteiger partial charge on any atom is -0.493 e. The second kappa shape index (κ2) is 7.36. The first kappa shape index (κ1) is 16.3. The first-order valence-corrected chi connectivity index (χ1v) is 8.62. The molecular weight excluding hydrogens is 324 g/mol. The highest BCUT2D eigenvalue weighted by Crippen LogP contribution is 2.36. The van der Waals surface area contributed by atoms with E-state index in [1.165, 1.54) is 0 Å². The molecule has 130 valence electrons. The Morgan fingerprint density at radius 3 is 2.54 bits per heavy atom. The summed E-state index contributed by atoms with van der Waals surface area (Å²) in [4.78, 5) is 0. The van der Waals surface area contributed by atoms with Crippen molar-refractivity contribution >= 4 is 6.08 Å². The van der Waals surface area contributed by atoms with Gasteiger partial charge in [-0.1, -0.05) is 60.7 Å². The number of fused-ring (bicyclic) bond motifs is 1. The first-order valence-electron chi connectivity index (χ1n) is 8.62. The molecule has 0 radical (unpaired) electrons. The van der Waals surface area contributed by atoms with E-state index < -0.39 is 0 Å². The minimum atomic E-state index is -0.137. The molecule has 0 spiro atoms. The molecule has 3 aromatic rings. The summed E-state index contributed by atoms with van der Waals surface area (Å²) >= 11 is 0. The normalized spacial score (nSPS) is 15.0. The van der Waals surface area contributed by atoms with Crippen LogP contribution in [0.25, 0.3) is 6.08 Å². The van der Waals surface area contributed by atoms with Crippen molar-refractivity contribution in [2.24, 2.45) is 0 Å². The lowest BCUT2D eigenvalue weighted by Crippen LogP contribution is -2.09. The summed E-state index contributed by atoms with van der Waals surface area (Å²) in [6.45, 7) is 0.504. The predicted octanol–water partition coefficient (Wildman–Crippen LogP) is 5.42. The lowest BCUT2D eigenvalue weighted by Gasteiger charge is -2.22. The maximum atomic E-state index is 6.10. The van der Waals surface area contributed by atoms with Crippen molar-refractivity contribution in [3.8, 4) is 17.2 Å². The number of rotatable bonds is 5. The molecule has 3 nitrogen and oxygen atoms in total. The van der Waals surface area contributed by atoms with Gasteiger partial charge >= 0.3 is 0 Å². The van der Waals surface area contributed by atoms with E-state index in [4.69, 9.17) is 14.2 Å². The van der Waals surface area contributed by atoms with Gasteiger partial charge in [0, 0.05) is 11.1 Å². The molecule has 1 heterocycles. The largest absolute Gasteiger partial charge is 0.493 e. The van der Waals surface area contributed by atoms with Gasteiger partial charge in [-0.05, 0) is 29.8 Å². The van der Waals surface area contributed by atoms with Crippen LogP contribution >= 0.6 is 0 Å². The van der Waals surface area contributed by atoms with Crippen molar-refractivity contribution in [1.82, 2.24) is 0 Å². The van der Waals surface area contributed by atoms with Gasteiger partial charge < -0.3 is 14.2 Å². The summed E-state index contributed by atoms with van der Waals surface area (Å²) in [5.74, 6) is 2.32. The summed E-state index contributed by atoms with van der Waals surface area (Å²) in [6, 6.07) is 24.0. The SMILES string of the molecule is COc1cc(C2C=Cc3ccccc3O2)ccc1OCc1ccccc1. The second-order valence-corrected chi connectivity index (χ2v) is 6.12. The fraction of sp³-hybridized carbons (Fsp3) is 0.130. The highest BCUT2D eigenvalue weighted by molar-refractivity contribution is 5.60. The Morgan fingerprint density at radius 2 is 1.69 bits per heavy atom. The molecule has 1 aliphatic rings. The molecule has 0 saturated carbocycles. The summed E-state index contributed by atoms with van der Waals surface area (Å²) in [6.07, 6.45) is 4.01. The molecule has 0 fully saturated rings. The Balaban J connectivity index is 1.52. The van der Waals surface area contributed by atoms with Crippen LogP contribution in [-0.2, 0) is 6.61 Å². The number of ether oxygens (including phenoxy) is 3. The van der Waals surface area contributed by atoms with Crippen molar-refractivity contribution < 1.29 is 14.2 Å². The predicted molar refractivity (Wildman–Crippen MR) is 103 cm³/mol. The molecule has 3 heteroatoms. The maximum Gasteiger partial charge on any atom is 0.161 e. The average molecular weight is 344 g/mol. The van der Waals surface area contributed by atoms with Gasteiger partial charge in [0.2, 0.25) is 0 Å². The lowest BCUT2D eigenvalue weighted by atomic mass is 10.0. The van der Waals surface area contributed by atoms with E-state index in [9.17, 15) is 0 Å². The molecular formula is C23H20O3. The number of hydrogen-bond donors (Lipinski definition) is 0. The number of methoxy groups -OCH3 is 1. The number of hydrogen-bond acceptors (Lipinski definition) is 3. The third-order valence-electron chi connectivity index (χ3n) is 4.38. The van der Waals surface area contributed by atoms with Crippen LogP contribution in [0, 0.1) is 0 Å². The molecule has 26 heavy (non-hydrogen) atoms. The minimum absolute atomic E-state index is 0.137. The molecule has 4 rings (SSSR count). The smallest absolute Gasteiger partial charge is 0.161 e. The quantitative estimate of drug-likeness (QED) is 0.618. The van der Waals surface area contributed by atoms with Crippen LogP contribution in [-0.4, -0.2) is 7.11 Å². The Kier molecular flexibility index (Phi) is 4.61. The standard InChI is InChI=1S/C23H20O3/c1-24-23-15-19(21-13-11-18-9-5-6-10-20(18)26-21)12-14-22(23)25-16-17-7-3-2-4-8-17/h2-15,21H,16H2,1H3. The van der Waals surface area contributed by atoms with Gasteiger partial charge in [-0.3, -0.25) is 0 Å². The van der Waals surface area contributed by atoms with Gasteiger partial charge in [0.1, 0.15) is 18.5 Å². The molecule has 0 amide bonds. The summed E-state index contributed by atoms with van der Waals surface area (Å²) in [5.41, 5.74) is 3.24. The third-order valence-corrected chi connectivity index (χ3v) is 4.38. The molecule has 0 N–H and O–H groups in total. The summed E-state index contributed by atoms with van der Waals surface area (Å²) in [7, 11) is 1.65. The fourth-order valence-corrected chi connectivity index (χ4v) is 2.99. The van der Waals surface area contributed by atoms with E-state index in [-0.39, 0.29) is 6.10 Å². The molecule has 3 aromatic carbocycles. The molecule has 0 saturated heterocycles. The van der Waals surface area contributed by atoms with E-state index in [0.29, 0.717) is 12.4 Å². The Bertz CT molecular complexity index is 916. The van der Waals surface area contributed by atoms with Crippen LogP contribution in [0.4, 0.5) is 0 Å². The fourth-order valence-electron chi connectivity index (χ4n) is 2.99. The Labute approximate surface area is 153 Å². The van der Waals surface area contributed by atoms with Crippen LogP contribution in [0.5, 0.6) is 17.2 Å². The van der Waals surface area contributed by atoms with Gasteiger partial charge in [-0.25, -0.2) is 0 Å². The molecule has 0 bridgehead atoms. The summed E-state index contributed by atoms with van der Waals surface area (Å²) in [5, 5.41) is 0. The third kappa shape index (κ3) is 3.42. The van der Waals surface area contributed by atoms with Crippen molar-refractivity contribution in [1.29, 1.82) is 0 Å². The molecule has 1 atom stereocenters. The van der Waals surface area contributed by atoms with Gasteiger partial charge in [-0.2, -0.15) is 0 Å². The topological polar surface area (TPSA) is 27.7 Å². The summed E-state index contributed by atoms with van der Waals surface area (Å²) < 4.78 is 17.6. The van der Waals surface area contributed by atoms with Crippen LogP contribution in [0.3, 0.4) is 0 Å². The van der Waals surface area contributed by atoms with Crippen LogP contribution in [0.15, 0.2) is 78.9 Å². The first-order chi connectivity index (χ1) is 12.8. The number of benzene rings is 3. The zero-order valence-electron chi connectivity index (χ0n) is 14.6. The Morgan fingerprint density at radius 1 is 0.885 bits per heavy atom. The van der Waals surface area contributed by atoms with Gasteiger partial charge in [0.25, 0.3) is 0 Å². The van der Waals surface area contributed by atoms with Gasteiger partial charge in [0.15, 0.2) is 11.5 Å². The number of para-hydroxylation sites is 1. The van der Waals surface area contributed by atoms with Gasteiger partial charge in [-0.15, -0.1) is 0 Å². The van der Waals surface area contributed by atoms with E-state index >= 15 is 0 Å². The average Bonchev–Trinajstić information content (AvgIpc) is 2.72. The van der Waals surface area contributed by atoms with E-state index in [0.717, 1.165) is 28.2 Å². The van der Waals surface area contributed by atoms with Crippen LogP contribution in [0.1, 0.15) is 22.8 Å². The zero-order valence-corrected chi connectivity index (χ0v) is 14.6. The van der Waals surface area contributed by atoms with Crippen molar-refractivity contribution in [3.63, 3.8) is 0 Å². The van der Waals surface area contributed by atoms with E-state index in [1.807, 2.05) is 72.8 Å². The van der Waals surface area contributed by atoms with Gasteiger partial charge in [0.05, 0.1) is 7.11 Å². The molecule has 0 aromatic heterocycles. The van der Waals surface area contributed by atoms with Crippen molar-refractivity contribution in [3.05, 3.63) is 95.6 Å².